The first-order chi connectivity index (χ1) is 16.5. The summed E-state index contributed by atoms with van der Waals surface area (Å²) in [6.07, 6.45) is -3.22. The van der Waals surface area contributed by atoms with Crippen molar-refractivity contribution in [2.45, 2.75) is 39.2 Å². The maximum absolute atomic E-state index is 12.6. The summed E-state index contributed by atoms with van der Waals surface area (Å²) in [5.74, 6) is 0.0536. The Morgan fingerprint density at radius 2 is 1.77 bits per heavy atom. The number of hydrogen-bond acceptors (Lipinski definition) is 5. The molecular formula is C26H27F3N4O2. The van der Waals surface area contributed by atoms with Gasteiger partial charge >= 0.3 is 6.36 Å². The van der Waals surface area contributed by atoms with Gasteiger partial charge in [0, 0.05) is 37.1 Å². The highest BCUT2D eigenvalue weighted by atomic mass is 19.4. The molecule has 2 N–H and O–H groups in total. The summed E-state index contributed by atoms with van der Waals surface area (Å²) in [7, 11) is 0. The number of aryl methyl sites for hydroxylation is 1. The number of primary amides is 1. The Hall–Kier alpha value is -3.75. The molecule has 1 aliphatic rings. The highest BCUT2D eigenvalue weighted by Gasteiger charge is 2.32. The maximum Gasteiger partial charge on any atom is 0.573 e. The first-order valence-electron chi connectivity index (χ1n) is 11.3. The van der Waals surface area contributed by atoms with Crippen LogP contribution in [-0.4, -0.2) is 42.4 Å². The van der Waals surface area contributed by atoms with Gasteiger partial charge in [-0.3, -0.25) is 4.79 Å². The van der Waals surface area contributed by atoms with Crippen LogP contribution in [0.1, 0.15) is 29.8 Å². The third-order valence-electron chi connectivity index (χ3n) is 6.16. The molecule has 1 saturated heterocycles. The lowest BCUT2D eigenvalue weighted by Gasteiger charge is -2.46. The second-order valence-electron chi connectivity index (χ2n) is 8.85. The molecule has 184 valence electrons. The molecule has 3 aromatic rings. The van der Waals surface area contributed by atoms with Crippen molar-refractivity contribution in [2.24, 2.45) is 5.73 Å². The summed E-state index contributed by atoms with van der Waals surface area (Å²) >= 11 is 0. The van der Waals surface area contributed by atoms with Crippen molar-refractivity contribution in [3.63, 3.8) is 0 Å². The number of pyridine rings is 1. The van der Waals surface area contributed by atoms with Crippen LogP contribution in [0.15, 0.2) is 60.8 Å². The highest BCUT2D eigenvalue weighted by Crippen LogP contribution is 2.34. The molecule has 1 fully saturated rings. The van der Waals surface area contributed by atoms with E-state index in [0.717, 1.165) is 35.7 Å². The number of piperazine rings is 1. The minimum Gasteiger partial charge on any atom is -0.406 e. The summed E-state index contributed by atoms with van der Waals surface area (Å²) in [6.45, 7) is 7.52. The normalized spacial score (nSPS) is 18.5. The van der Waals surface area contributed by atoms with Gasteiger partial charge in [-0.15, -0.1) is 13.2 Å². The standard InChI is InChI=1S/C26H27F3N4O2/c1-16-11-22(35-26(27,28)29)8-9-23(16)19-5-4-6-21(12-19)33-17(2)14-32(15-18(33)3)24-10-7-20(13-31-24)25(30)34/h4-13,17-18H,14-15H2,1-3H3,(H2,30,34)/t17-,18+. The largest absolute Gasteiger partial charge is 0.573 e. The van der Waals surface area contributed by atoms with Crippen LogP contribution in [-0.2, 0) is 0 Å². The SMILES string of the molecule is Cc1cc(OC(F)(F)F)ccc1-c1cccc(N2[C@H](C)CN(c3ccc(C(N)=O)cn3)C[C@@H]2C)c1. The fourth-order valence-corrected chi connectivity index (χ4v) is 4.73. The molecule has 2 aromatic carbocycles. The van der Waals surface area contributed by atoms with E-state index < -0.39 is 12.3 Å². The van der Waals surface area contributed by atoms with E-state index in [1.165, 1.54) is 18.3 Å². The van der Waals surface area contributed by atoms with Gasteiger partial charge in [-0.1, -0.05) is 18.2 Å². The van der Waals surface area contributed by atoms with Crippen molar-refractivity contribution in [3.05, 3.63) is 71.9 Å². The van der Waals surface area contributed by atoms with Crippen LogP contribution in [0.5, 0.6) is 5.75 Å². The molecule has 1 aromatic heterocycles. The summed E-state index contributed by atoms with van der Waals surface area (Å²) in [5.41, 5.74) is 9.19. The fraction of sp³-hybridized carbons (Fsp3) is 0.308. The molecule has 0 unspecified atom stereocenters. The van der Waals surface area contributed by atoms with Gasteiger partial charge in [0.1, 0.15) is 11.6 Å². The maximum atomic E-state index is 12.6. The van der Waals surface area contributed by atoms with Crippen molar-refractivity contribution in [2.75, 3.05) is 22.9 Å². The Morgan fingerprint density at radius 3 is 2.34 bits per heavy atom. The molecule has 2 heterocycles. The molecule has 0 aliphatic carbocycles. The first-order valence-corrected chi connectivity index (χ1v) is 11.3. The number of alkyl halides is 3. The first kappa shape index (κ1) is 24.4. The number of amides is 1. The number of nitrogens with two attached hydrogens (primary N) is 1. The summed E-state index contributed by atoms with van der Waals surface area (Å²) in [5, 5.41) is 0. The third kappa shape index (κ3) is 5.50. The number of rotatable bonds is 5. The Labute approximate surface area is 202 Å². The van der Waals surface area contributed by atoms with Crippen molar-refractivity contribution in [1.29, 1.82) is 0 Å². The van der Waals surface area contributed by atoms with Crippen LogP contribution in [0, 0.1) is 6.92 Å². The molecule has 6 nitrogen and oxygen atoms in total. The van der Waals surface area contributed by atoms with Gasteiger partial charge in [-0.2, -0.15) is 0 Å². The van der Waals surface area contributed by atoms with Gasteiger partial charge in [-0.25, -0.2) is 4.98 Å². The average molecular weight is 485 g/mol. The van der Waals surface area contributed by atoms with Crippen LogP contribution in [0.3, 0.4) is 0 Å². The average Bonchev–Trinajstić information content (AvgIpc) is 2.78. The lowest BCUT2D eigenvalue weighted by molar-refractivity contribution is -0.274. The van der Waals surface area contributed by atoms with Crippen LogP contribution in [0.2, 0.25) is 0 Å². The van der Waals surface area contributed by atoms with Crippen molar-refractivity contribution >= 4 is 17.4 Å². The highest BCUT2D eigenvalue weighted by molar-refractivity contribution is 5.92. The van der Waals surface area contributed by atoms with Gasteiger partial charge < -0.3 is 20.3 Å². The number of hydrogen-bond donors (Lipinski definition) is 1. The van der Waals surface area contributed by atoms with Crippen molar-refractivity contribution in [1.82, 2.24) is 4.98 Å². The van der Waals surface area contributed by atoms with Crippen molar-refractivity contribution in [3.8, 4) is 16.9 Å². The molecular weight excluding hydrogens is 457 g/mol. The Balaban J connectivity index is 1.54. The predicted octanol–water partition coefficient (Wildman–Crippen LogP) is 5.16. The molecule has 0 saturated carbocycles. The zero-order chi connectivity index (χ0) is 25.3. The van der Waals surface area contributed by atoms with E-state index in [0.29, 0.717) is 11.1 Å². The van der Waals surface area contributed by atoms with Gasteiger partial charge in [-0.05, 0) is 73.9 Å². The monoisotopic (exact) mass is 484 g/mol. The van der Waals surface area contributed by atoms with E-state index in [1.54, 1.807) is 19.1 Å². The number of carbonyl (C=O) groups is 1. The lowest BCUT2D eigenvalue weighted by Crippen LogP contribution is -2.57. The Kier molecular flexibility index (Phi) is 6.60. The van der Waals surface area contributed by atoms with Crippen LogP contribution in [0.25, 0.3) is 11.1 Å². The third-order valence-corrected chi connectivity index (χ3v) is 6.16. The second-order valence-corrected chi connectivity index (χ2v) is 8.85. The lowest BCUT2D eigenvalue weighted by atomic mass is 9.98. The number of benzene rings is 2. The second kappa shape index (κ2) is 9.48. The minimum absolute atomic E-state index is 0.162. The van der Waals surface area contributed by atoms with E-state index in [2.05, 4.69) is 39.4 Å². The summed E-state index contributed by atoms with van der Waals surface area (Å²) < 4.78 is 41.7. The van der Waals surface area contributed by atoms with Gasteiger partial charge in [0.05, 0.1) is 5.56 Å². The van der Waals surface area contributed by atoms with Gasteiger partial charge in [0.15, 0.2) is 0 Å². The number of carbonyl (C=O) groups excluding carboxylic acids is 1. The summed E-state index contributed by atoms with van der Waals surface area (Å²) in [4.78, 5) is 20.3. The molecule has 1 amide bonds. The fourth-order valence-electron chi connectivity index (χ4n) is 4.73. The molecule has 35 heavy (non-hydrogen) atoms. The minimum atomic E-state index is -4.72. The van der Waals surface area contributed by atoms with Gasteiger partial charge in [0.2, 0.25) is 5.91 Å². The number of anilines is 2. The Morgan fingerprint density at radius 1 is 1.06 bits per heavy atom. The number of halogens is 3. The van der Waals surface area contributed by atoms with Crippen molar-refractivity contribution < 1.29 is 22.7 Å². The predicted molar refractivity (Wildman–Crippen MR) is 130 cm³/mol. The number of aromatic nitrogens is 1. The zero-order valence-electron chi connectivity index (χ0n) is 19.7. The number of ether oxygens (including phenoxy) is 1. The molecule has 0 spiro atoms. The van der Waals surface area contributed by atoms with E-state index in [4.69, 9.17) is 5.73 Å². The zero-order valence-corrected chi connectivity index (χ0v) is 19.7. The van der Waals surface area contributed by atoms with Gasteiger partial charge in [0.25, 0.3) is 0 Å². The van der Waals surface area contributed by atoms with Crippen LogP contribution >= 0.6 is 0 Å². The molecule has 1 aliphatic heterocycles. The van der Waals surface area contributed by atoms with E-state index in [9.17, 15) is 18.0 Å². The molecule has 0 bridgehead atoms. The molecule has 9 heteroatoms. The Bertz CT molecular complexity index is 1200. The van der Waals surface area contributed by atoms with Crippen LogP contribution in [0.4, 0.5) is 24.7 Å². The molecule has 0 radical (unpaired) electrons. The van der Waals surface area contributed by atoms with E-state index >= 15 is 0 Å². The van der Waals surface area contributed by atoms with E-state index in [1.807, 2.05) is 24.3 Å². The summed E-state index contributed by atoms with van der Waals surface area (Å²) in [6, 6.07) is 16.2. The quantitative estimate of drug-likeness (QED) is 0.542. The molecule has 4 rings (SSSR count). The van der Waals surface area contributed by atoms with Crippen LogP contribution < -0.4 is 20.3 Å². The smallest absolute Gasteiger partial charge is 0.406 e. The van der Waals surface area contributed by atoms with E-state index in [-0.39, 0.29) is 17.8 Å². The number of nitrogens with zero attached hydrogens (tertiary/aromatic N) is 3. The molecule has 2 atom stereocenters. The topological polar surface area (TPSA) is 71.7 Å².